The summed E-state index contributed by atoms with van der Waals surface area (Å²) in [5.41, 5.74) is 0.852. The molecule has 2 rings (SSSR count). The fourth-order valence-electron chi connectivity index (χ4n) is 1.76. The van der Waals surface area contributed by atoms with Gasteiger partial charge in [-0.25, -0.2) is 4.79 Å². The summed E-state index contributed by atoms with van der Waals surface area (Å²) in [5, 5.41) is 2.43. The van der Waals surface area contributed by atoms with E-state index in [4.69, 9.17) is 9.47 Å². The van der Waals surface area contributed by atoms with Crippen LogP contribution in [0.25, 0.3) is 0 Å². The van der Waals surface area contributed by atoms with Crippen molar-refractivity contribution in [2.45, 2.75) is 32.1 Å². The minimum atomic E-state index is -0.970. The third kappa shape index (κ3) is 3.57. The van der Waals surface area contributed by atoms with Crippen molar-refractivity contribution in [2.24, 2.45) is 0 Å². The van der Waals surface area contributed by atoms with Crippen LogP contribution in [0.2, 0.25) is 0 Å². The van der Waals surface area contributed by atoms with Gasteiger partial charge >= 0.3 is 11.9 Å². The monoisotopic (exact) mass is 277 g/mol. The van der Waals surface area contributed by atoms with Gasteiger partial charge in [-0.2, -0.15) is 0 Å². The molecule has 1 unspecified atom stereocenters. The minimum absolute atomic E-state index is 0.131. The SMILES string of the molecule is CC1OC(=O)[C@H](CC(=O)OCc2ccccc2)NC1=O. The summed E-state index contributed by atoms with van der Waals surface area (Å²) in [6, 6.07) is 8.21. The highest BCUT2D eigenvalue weighted by molar-refractivity contribution is 5.94. The van der Waals surface area contributed by atoms with E-state index in [0.717, 1.165) is 5.56 Å². The molecule has 0 radical (unpaired) electrons. The Kier molecular flexibility index (Phi) is 4.34. The van der Waals surface area contributed by atoms with E-state index >= 15 is 0 Å². The number of amides is 1. The Bertz CT molecular complexity index is 514. The first-order valence-electron chi connectivity index (χ1n) is 6.26. The number of ether oxygens (including phenoxy) is 2. The molecule has 1 aromatic carbocycles. The maximum Gasteiger partial charge on any atom is 0.330 e. The van der Waals surface area contributed by atoms with Crippen molar-refractivity contribution in [3.05, 3.63) is 35.9 Å². The number of morpholine rings is 1. The topological polar surface area (TPSA) is 81.7 Å². The standard InChI is InChI=1S/C14H15NO5/c1-9-13(17)15-11(14(18)20-9)7-12(16)19-8-10-5-3-2-4-6-10/h2-6,9,11H,7-8H2,1H3,(H,15,17)/t9?,11-/m0/s1. The average Bonchev–Trinajstić information content (AvgIpc) is 2.44. The molecule has 0 saturated carbocycles. The molecule has 2 atom stereocenters. The van der Waals surface area contributed by atoms with Crippen LogP contribution in [-0.2, 0) is 30.5 Å². The summed E-state index contributed by atoms with van der Waals surface area (Å²) in [7, 11) is 0. The van der Waals surface area contributed by atoms with Crippen LogP contribution < -0.4 is 5.32 Å². The molecular formula is C14H15NO5. The molecule has 0 aliphatic carbocycles. The van der Waals surface area contributed by atoms with Gasteiger partial charge in [0.05, 0.1) is 6.42 Å². The minimum Gasteiger partial charge on any atom is -0.461 e. The van der Waals surface area contributed by atoms with Crippen LogP contribution in [0.4, 0.5) is 0 Å². The van der Waals surface area contributed by atoms with E-state index in [9.17, 15) is 14.4 Å². The normalized spacial score (nSPS) is 21.9. The van der Waals surface area contributed by atoms with Crippen LogP contribution in [0.1, 0.15) is 18.9 Å². The highest BCUT2D eigenvalue weighted by Gasteiger charge is 2.34. The van der Waals surface area contributed by atoms with Crippen molar-refractivity contribution in [3.63, 3.8) is 0 Å². The molecule has 1 aromatic rings. The van der Waals surface area contributed by atoms with Crippen molar-refractivity contribution < 1.29 is 23.9 Å². The van der Waals surface area contributed by atoms with Crippen molar-refractivity contribution in [2.75, 3.05) is 0 Å². The number of carbonyl (C=O) groups is 3. The van der Waals surface area contributed by atoms with Gasteiger partial charge in [0.2, 0.25) is 0 Å². The third-order valence-electron chi connectivity index (χ3n) is 2.88. The van der Waals surface area contributed by atoms with E-state index in [2.05, 4.69) is 5.32 Å². The van der Waals surface area contributed by atoms with Gasteiger partial charge in [0.25, 0.3) is 5.91 Å². The smallest absolute Gasteiger partial charge is 0.330 e. The van der Waals surface area contributed by atoms with E-state index in [1.165, 1.54) is 6.92 Å². The molecule has 1 heterocycles. The van der Waals surface area contributed by atoms with Crippen LogP contribution in [0.5, 0.6) is 0 Å². The van der Waals surface area contributed by atoms with Crippen molar-refractivity contribution >= 4 is 17.8 Å². The van der Waals surface area contributed by atoms with Gasteiger partial charge < -0.3 is 14.8 Å². The van der Waals surface area contributed by atoms with E-state index in [1.807, 2.05) is 30.3 Å². The molecule has 0 aromatic heterocycles. The van der Waals surface area contributed by atoms with Crippen LogP contribution >= 0.6 is 0 Å². The number of benzene rings is 1. The number of cyclic esters (lactones) is 1. The molecule has 0 bridgehead atoms. The zero-order chi connectivity index (χ0) is 14.5. The highest BCUT2D eigenvalue weighted by Crippen LogP contribution is 2.09. The van der Waals surface area contributed by atoms with E-state index in [1.54, 1.807) is 0 Å². The zero-order valence-electron chi connectivity index (χ0n) is 11.0. The molecule has 0 spiro atoms. The fourth-order valence-corrected chi connectivity index (χ4v) is 1.76. The predicted octanol–water partition coefficient (Wildman–Crippen LogP) is 0.550. The first-order valence-corrected chi connectivity index (χ1v) is 6.26. The Morgan fingerprint density at radius 2 is 2.00 bits per heavy atom. The molecule has 1 fully saturated rings. The van der Waals surface area contributed by atoms with Crippen LogP contribution in [0.3, 0.4) is 0 Å². The van der Waals surface area contributed by atoms with E-state index in [-0.39, 0.29) is 13.0 Å². The number of nitrogens with one attached hydrogen (secondary N) is 1. The van der Waals surface area contributed by atoms with Gasteiger partial charge in [-0.05, 0) is 12.5 Å². The number of hydrogen-bond donors (Lipinski definition) is 1. The summed E-state index contributed by atoms with van der Waals surface area (Å²) in [6.07, 6.45) is -1.05. The summed E-state index contributed by atoms with van der Waals surface area (Å²) in [5.74, 6) is -1.59. The van der Waals surface area contributed by atoms with Gasteiger partial charge in [0.15, 0.2) is 6.10 Å². The van der Waals surface area contributed by atoms with Crippen LogP contribution in [0, 0.1) is 0 Å². The van der Waals surface area contributed by atoms with Crippen LogP contribution in [0.15, 0.2) is 30.3 Å². The first-order chi connectivity index (χ1) is 9.56. The van der Waals surface area contributed by atoms with Crippen LogP contribution in [-0.4, -0.2) is 30.0 Å². The second-order valence-electron chi connectivity index (χ2n) is 4.49. The molecule has 106 valence electrons. The fraction of sp³-hybridized carbons (Fsp3) is 0.357. The summed E-state index contributed by atoms with van der Waals surface area (Å²) < 4.78 is 9.86. The lowest BCUT2D eigenvalue weighted by atomic mass is 10.1. The molecular weight excluding hydrogens is 262 g/mol. The third-order valence-corrected chi connectivity index (χ3v) is 2.88. The van der Waals surface area contributed by atoms with E-state index < -0.39 is 30.0 Å². The summed E-state index contributed by atoms with van der Waals surface area (Å²) >= 11 is 0. The quantitative estimate of drug-likeness (QED) is 0.813. The number of rotatable bonds is 4. The Morgan fingerprint density at radius 3 is 2.70 bits per heavy atom. The molecule has 6 heteroatoms. The predicted molar refractivity (Wildman–Crippen MR) is 68.3 cm³/mol. The van der Waals surface area contributed by atoms with Crippen molar-refractivity contribution in [3.8, 4) is 0 Å². The Balaban J connectivity index is 1.82. The molecule has 20 heavy (non-hydrogen) atoms. The van der Waals surface area contributed by atoms with Crippen molar-refractivity contribution in [1.82, 2.24) is 5.32 Å². The number of hydrogen-bond acceptors (Lipinski definition) is 5. The second-order valence-corrected chi connectivity index (χ2v) is 4.49. The van der Waals surface area contributed by atoms with Gasteiger partial charge in [-0.15, -0.1) is 0 Å². The van der Waals surface area contributed by atoms with Gasteiger partial charge in [-0.3, -0.25) is 9.59 Å². The lowest BCUT2D eigenvalue weighted by Crippen LogP contribution is -2.53. The summed E-state index contributed by atoms with van der Waals surface area (Å²) in [6.45, 7) is 1.60. The lowest BCUT2D eigenvalue weighted by Gasteiger charge is -2.25. The van der Waals surface area contributed by atoms with Gasteiger partial charge in [0, 0.05) is 0 Å². The Hall–Kier alpha value is -2.37. The zero-order valence-corrected chi connectivity index (χ0v) is 11.0. The maximum absolute atomic E-state index is 11.6. The Labute approximate surface area is 116 Å². The number of carbonyl (C=O) groups excluding carboxylic acids is 3. The highest BCUT2D eigenvalue weighted by atomic mass is 16.6. The second kappa shape index (κ2) is 6.18. The van der Waals surface area contributed by atoms with Gasteiger partial charge in [0.1, 0.15) is 12.6 Å². The molecule has 6 nitrogen and oxygen atoms in total. The molecule has 1 amide bonds. The molecule has 1 N–H and O–H groups in total. The molecule has 1 saturated heterocycles. The molecule has 1 aliphatic rings. The maximum atomic E-state index is 11.6. The van der Waals surface area contributed by atoms with E-state index in [0.29, 0.717) is 0 Å². The van der Waals surface area contributed by atoms with Gasteiger partial charge in [-0.1, -0.05) is 30.3 Å². The summed E-state index contributed by atoms with van der Waals surface area (Å²) in [4.78, 5) is 34.5. The lowest BCUT2D eigenvalue weighted by molar-refractivity contribution is -0.166. The average molecular weight is 277 g/mol. The Morgan fingerprint density at radius 1 is 1.30 bits per heavy atom. The first kappa shape index (κ1) is 14.0. The van der Waals surface area contributed by atoms with Crippen molar-refractivity contribution in [1.29, 1.82) is 0 Å². The molecule has 1 aliphatic heterocycles. The largest absolute Gasteiger partial charge is 0.461 e. The number of esters is 2.